The largest absolute Gasteiger partial charge is 0.273 e. The Kier molecular flexibility index (Phi) is 1.72. The van der Waals surface area contributed by atoms with Gasteiger partial charge in [0.25, 0.3) is 0 Å². The molecule has 1 heterocycles. The second-order valence-corrected chi connectivity index (χ2v) is 3.45. The topological polar surface area (TPSA) is 63.4 Å². The first kappa shape index (κ1) is 8.20. The van der Waals surface area contributed by atoms with Crippen molar-refractivity contribution in [3.05, 3.63) is 0 Å². The standard InChI is InChI=1S/C7H12N2O2/c1-7(2)4-3-5(10)9(8)6(7)11/h3-4,8H2,1-2H3. The molecule has 0 aliphatic carbocycles. The molecule has 0 saturated carbocycles. The fourth-order valence-corrected chi connectivity index (χ4v) is 1.09. The van der Waals surface area contributed by atoms with Crippen LogP contribution in [0.25, 0.3) is 0 Å². The Balaban J connectivity index is 2.84. The van der Waals surface area contributed by atoms with Crippen molar-refractivity contribution in [2.45, 2.75) is 26.7 Å². The summed E-state index contributed by atoms with van der Waals surface area (Å²) in [5.74, 6) is 4.67. The lowest BCUT2D eigenvalue weighted by atomic mass is 9.84. The molecule has 1 saturated heterocycles. The highest BCUT2D eigenvalue weighted by Crippen LogP contribution is 2.28. The molecule has 2 amide bonds. The molecule has 0 aromatic heterocycles. The molecule has 4 heteroatoms. The number of hydrogen-bond acceptors (Lipinski definition) is 3. The smallest absolute Gasteiger partial charge is 0.249 e. The molecule has 1 aliphatic heterocycles. The first-order chi connectivity index (χ1) is 4.95. The summed E-state index contributed by atoms with van der Waals surface area (Å²) in [6.07, 6.45) is 0.966. The number of imide groups is 1. The van der Waals surface area contributed by atoms with Crippen molar-refractivity contribution in [1.82, 2.24) is 5.01 Å². The average Bonchev–Trinajstić information content (AvgIpc) is 1.95. The lowest BCUT2D eigenvalue weighted by Gasteiger charge is -2.32. The lowest BCUT2D eigenvalue weighted by Crippen LogP contribution is -2.52. The van der Waals surface area contributed by atoms with Crippen LogP contribution in [0.4, 0.5) is 0 Å². The molecule has 0 radical (unpaired) electrons. The number of amides is 2. The third-order valence-electron chi connectivity index (χ3n) is 2.03. The zero-order chi connectivity index (χ0) is 8.65. The summed E-state index contributed by atoms with van der Waals surface area (Å²) >= 11 is 0. The van der Waals surface area contributed by atoms with E-state index in [4.69, 9.17) is 5.84 Å². The van der Waals surface area contributed by atoms with Gasteiger partial charge in [0.1, 0.15) is 0 Å². The van der Waals surface area contributed by atoms with Gasteiger partial charge in [0.05, 0.1) is 0 Å². The maximum Gasteiger partial charge on any atom is 0.249 e. The monoisotopic (exact) mass is 156 g/mol. The number of hydrazine groups is 1. The molecule has 1 aliphatic rings. The van der Waals surface area contributed by atoms with Gasteiger partial charge in [-0.25, -0.2) is 10.9 Å². The molecule has 0 aromatic rings. The SMILES string of the molecule is CC1(C)CCC(=O)N(N)C1=O. The van der Waals surface area contributed by atoms with Crippen LogP contribution in [0.2, 0.25) is 0 Å². The predicted molar refractivity (Wildman–Crippen MR) is 39.1 cm³/mol. The Morgan fingerprint density at radius 3 is 2.45 bits per heavy atom. The van der Waals surface area contributed by atoms with Gasteiger partial charge < -0.3 is 0 Å². The van der Waals surface area contributed by atoms with E-state index in [0.717, 1.165) is 5.01 Å². The van der Waals surface area contributed by atoms with E-state index in [9.17, 15) is 9.59 Å². The third kappa shape index (κ3) is 1.26. The van der Waals surface area contributed by atoms with Gasteiger partial charge in [0.15, 0.2) is 0 Å². The minimum Gasteiger partial charge on any atom is -0.273 e. The van der Waals surface area contributed by atoms with E-state index in [0.29, 0.717) is 12.8 Å². The van der Waals surface area contributed by atoms with Gasteiger partial charge in [-0.2, -0.15) is 0 Å². The fourth-order valence-electron chi connectivity index (χ4n) is 1.09. The minimum absolute atomic E-state index is 0.283. The molecule has 0 unspecified atom stereocenters. The van der Waals surface area contributed by atoms with E-state index in [2.05, 4.69) is 0 Å². The maximum atomic E-state index is 11.2. The summed E-state index contributed by atoms with van der Waals surface area (Å²) in [5, 5.41) is 0.726. The van der Waals surface area contributed by atoms with Crippen LogP contribution in [0.5, 0.6) is 0 Å². The Hall–Kier alpha value is -0.900. The molecule has 0 aromatic carbocycles. The quantitative estimate of drug-likeness (QED) is 0.306. The van der Waals surface area contributed by atoms with Crippen LogP contribution in [0.3, 0.4) is 0 Å². The van der Waals surface area contributed by atoms with Crippen molar-refractivity contribution >= 4 is 11.8 Å². The first-order valence-electron chi connectivity index (χ1n) is 3.57. The molecule has 62 valence electrons. The third-order valence-corrected chi connectivity index (χ3v) is 2.03. The summed E-state index contributed by atoms with van der Waals surface area (Å²) in [4.78, 5) is 22.1. The number of rotatable bonds is 0. The van der Waals surface area contributed by atoms with Crippen molar-refractivity contribution in [2.24, 2.45) is 11.3 Å². The van der Waals surface area contributed by atoms with E-state index in [1.807, 2.05) is 0 Å². The van der Waals surface area contributed by atoms with Gasteiger partial charge >= 0.3 is 0 Å². The summed E-state index contributed by atoms with van der Waals surface area (Å²) in [5.41, 5.74) is -0.470. The fraction of sp³-hybridized carbons (Fsp3) is 0.714. The molecule has 11 heavy (non-hydrogen) atoms. The molecule has 1 rings (SSSR count). The first-order valence-corrected chi connectivity index (χ1v) is 3.57. The second-order valence-electron chi connectivity index (χ2n) is 3.45. The second kappa shape index (κ2) is 2.30. The highest BCUT2D eigenvalue weighted by Gasteiger charge is 2.38. The summed E-state index contributed by atoms with van der Waals surface area (Å²) in [7, 11) is 0. The van der Waals surface area contributed by atoms with Gasteiger partial charge in [0.2, 0.25) is 11.8 Å². The minimum atomic E-state index is -0.470. The molecule has 2 N–H and O–H groups in total. The zero-order valence-electron chi connectivity index (χ0n) is 6.76. The normalized spacial score (nSPS) is 24.1. The Morgan fingerprint density at radius 1 is 1.45 bits per heavy atom. The number of piperidine rings is 1. The van der Waals surface area contributed by atoms with E-state index in [1.54, 1.807) is 13.8 Å². The predicted octanol–water partition coefficient (Wildman–Crippen LogP) is 0.0353. The van der Waals surface area contributed by atoms with E-state index < -0.39 is 5.41 Å². The number of nitrogens with zero attached hydrogens (tertiary/aromatic N) is 1. The molecular formula is C7H12N2O2. The van der Waals surface area contributed by atoms with Crippen LogP contribution in [0.1, 0.15) is 26.7 Å². The lowest BCUT2D eigenvalue weighted by molar-refractivity contribution is -0.156. The summed E-state index contributed by atoms with van der Waals surface area (Å²) < 4.78 is 0. The maximum absolute atomic E-state index is 11.2. The Labute approximate surface area is 65.3 Å². The van der Waals surface area contributed by atoms with Gasteiger partial charge in [-0.1, -0.05) is 13.8 Å². The molecule has 4 nitrogen and oxygen atoms in total. The Bertz CT molecular complexity index is 210. The average molecular weight is 156 g/mol. The number of carbonyl (C=O) groups excluding carboxylic acids is 2. The van der Waals surface area contributed by atoms with Crippen molar-refractivity contribution < 1.29 is 9.59 Å². The molecule has 0 atom stereocenters. The molecule has 1 fully saturated rings. The van der Waals surface area contributed by atoms with Crippen LogP contribution in [-0.4, -0.2) is 16.8 Å². The van der Waals surface area contributed by atoms with E-state index in [-0.39, 0.29) is 11.8 Å². The highest BCUT2D eigenvalue weighted by atomic mass is 16.2. The van der Waals surface area contributed by atoms with Crippen LogP contribution < -0.4 is 5.84 Å². The van der Waals surface area contributed by atoms with Crippen LogP contribution in [0.15, 0.2) is 0 Å². The summed E-state index contributed by atoms with van der Waals surface area (Å²) in [6.45, 7) is 3.59. The Morgan fingerprint density at radius 2 is 2.00 bits per heavy atom. The van der Waals surface area contributed by atoms with Crippen LogP contribution in [0, 0.1) is 5.41 Å². The van der Waals surface area contributed by atoms with Crippen LogP contribution >= 0.6 is 0 Å². The van der Waals surface area contributed by atoms with Gasteiger partial charge in [0, 0.05) is 11.8 Å². The van der Waals surface area contributed by atoms with Gasteiger partial charge in [-0.05, 0) is 6.42 Å². The van der Waals surface area contributed by atoms with Crippen molar-refractivity contribution in [3.63, 3.8) is 0 Å². The van der Waals surface area contributed by atoms with E-state index >= 15 is 0 Å². The molecular weight excluding hydrogens is 144 g/mol. The highest BCUT2D eigenvalue weighted by molar-refractivity contribution is 5.99. The van der Waals surface area contributed by atoms with Crippen molar-refractivity contribution in [1.29, 1.82) is 0 Å². The van der Waals surface area contributed by atoms with Crippen molar-refractivity contribution in [2.75, 3.05) is 0 Å². The van der Waals surface area contributed by atoms with Crippen LogP contribution in [-0.2, 0) is 9.59 Å². The number of carbonyl (C=O) groups is 2. The summed E-state index contributed by atoms with van der Waals surface area (Å²) in [6, 6.07) is 0. The van der Waals surface area contributed by atoms with Crippen molar-refractivity contribution in [3.8, 4) is 0 Å². The van der Waals surface area contributed by atoms with Gasteiger partial charge in [-0.3, -0.25) is 9.59 Å². The van der Waals surface area contributed by atoms with Gasteiger partial charge in [-0.15, -0.1) is 0 Å². The van der Waals surface area contributed by atoms with E-state index in [1.165, 1.54) is 0 Å². The number of hydrogen-bond donors (Lipinski definition) is 1. The number of nitrogens with two attached hydrogens (primary N) is 1. The molecule has 0 bridgehead atoms. The molecule has 0 spiro atoms. The zero-order valence-corrected chi connectivity index (χ0v) is 6.76.